The lowest BCUT2D eigenvalue weighted by Crippen LogP contribution is -2.37. The van der Waals surface area contributed by atoms with Crippen molar-refractivity contribution in [2.45, 2.75) is 25.9 Å². The van der Waals surface area contributed by atoms with Crippen molar-refractivity contribution in [2.75, 3.05) is 18.1 Å². The van der Waals surface area contributed by atoms with E-state index < -0.39 is 0 Å². The Kier molecular flexibility index (Phi) is 4.31. The molecule has 18 heavy (non-hydrogen) atoms. The maximum Gasteiger partial charge on any atom is 0.282 e. The first-order valence-corrected chi connectivity index (χ1v) is 7.12. The number of benzene rings is 1. The molecule has 1 aliphatic rings. The first-order chi connectivity index (χ1) is 8.56. The van der Waals surface area contributed by atoms with Gasteiger partial charge in [0.1, 0.15) is 12.6 Å². The number of nitrogens with zero attached hydrogens (tertiary/aromatic N) is 2. The quantitative estimate of drug-likeness (QED) is 0.839. The molecule has 2 rings (SSSR count). The lowest BCUT2D eigenvalue weighted by atomic mass is 10.2. The van der Waals surface area contributed by atoms with E-state index in [2.05, 4.69) is 70.6 Å². The van der Waals surface area contributed by atoms with Gasteiger partial charge >= 0.3 is 0 Å². The molecule has 0 saturated heterocycles. The Hall–Kier alpha value is -0.980. The zero-order valence-corrected chi connectivity index (χ0v) is 12.8. The average Bonchev–Trinajstić information content (AvgIpc) is 2.71. The molecule has 0 aromatic heterocycles. The number of hydrogen-bond donors (Lipinski definition) is 1. The van der Waals surface area contributed by atoms with Gasteiger partial charge in [0.2, 0.25) is 0 Å². The van der Waals surface area contributed by atoms with Crippen LogP contribution in [0.5, 0.6) is 0 Å². The first kappa shape index (κ1) is 13.5. The normalized spacial score (nSPS) is 18.7. The topological polar surface area (TPSA) is 50.9 Å². The third-order valence-electron chi connectivity index (χ3n) is 2.90. The Morgan fingerprint density at radius 1 is 1.56 bits per heavy atom. The number of rotatable bonds is 4. The van der Waals surface area contributed by atoms with E-state index in [1.54, 1.807) is 0 Å². The maximum atomic E-state index is 5.55. The van der Waals surface area contributed by atoms with Gasteiger partial charge in [0.15, 0.2) is 0 Å². The summed E-state index contributed by atoms with van der Waals surface area (Å²) in [5, 5.41) is 0. The van der Waals surface area contributed by atoms with Crippen LogP contribution in [0.3, 0.4) is 0 Å². The highest BCUT2D eigenvalue weighted by Crippen LogP contribution is 2.21. The molecule has 2 N–H and O–H groups in total. The van der Waals surface area contributed by atoms with Gasteiger partial charge < -0.3 is 15.4 Å². The van der Waals surface area contributed by atoms with Gasteiger partial charge in [-0.2, -0.15) is 0 Å². The largest absolute Gasteiger partial charge is 0.463 e. The molecule has 1 aliphatic heterocycles. The molecule has 0 amide bonds. The van der Waals surface area contributed by atoms with Gasteiger partial charge in [0.25, 0.3) is 6.02 Å². The van der Waals surface area contributed by atoms with Crippen LogP contribution in [0.25, 0.3) is 0 Å². The summed E-state index contributed by atoms with van der Waals surface area (Å²) in [5.41, 5.74) is 6.77. The van der Waals surface area contributed by atoms with E-state index in [0.29, 0.717) is 18.7 Å². The lowest BCUT2D eigenvalue weighted by Gasteiger charge is -2.30. The van der Waals surface area contributed by atoms with E-state index in [4.69, 9.17) is 10.5 Å². The molecule has 1 aromatic carbocycles. The van der Waals surface area contributed by atoms with E-state index in [1.165, 1.54) is 9.26 Å². The second kappa shape index (κ2) is 5.77. The molecular weight excluding hydrogens is 341 g/mol. The fraction of sp³-hybridized carbons (Fsp3) is 0.462. The number of aliphatic imine (C=N–C) groups is 1. The number of nitrogens with two attached hydrogens (primary N) is 1. The van der Waals surface area contributed by atoms with Crippen LogP contribution < -0.4 is 10.6 Å². The van der Waals surface area contributed by atoms with Crippen LogP contribution in [0.4, 0.5) is 5.69 Å². The van der Waals surface area contributed by atoms with Crippen LogP contribution in [0.2, 0.25) is 0 Å². The highest BCUT2D eigenvalue weighted by molar-refractivity contribution is 14.1. The molecule has 0 radical (unpaired) electrons. The third-order valence-corrected chi connectivity index (χ3v) is 3.58. The standard InChI is InChI=1S/C13H18IN3O/c1-9(2)17(7-11-8-18-13(15)16-11)12-5-3-4-10(14)6-12/h3-6,9,11H,7-8H2,1-2H3,(H2,15,16)/t11-/m0/s1. The predicted molar refractivity (Wildman–Crippen MR) is 83.0 cm³/mol. The fourth-order valence-electron chi connectivity index (χ4n) is 2.03. The molecule has 0 bridgehead atoms. The van der Waals surface area contributed by atoms with Gasteiger partial charge in [-0.1, -0.05) is 6.07 Å². The Labute approximate surface area is 121 Å². The van der Waals surface area contributed by atoms with E-state index in [-0.39, 0.29) is 6.04 Å². The molecule has 4 nitrogen and oxygen atoms in total. The molecule has 98 valence electrons. The van der Waals surface area contributed by atoms with Crippen molar-refractivity contribution in [3.8, 4) is 0 Å². The number of ether oxygens (including phenoxy) is 1. The summed E-state index contributed by atoms with van der Waals surface area (Å²) in [5.74, 6) is 0. The van der Waals surface area contributed by atoms with Gasteiger partial charge in [-0.15, -0.1) is 0 Å². The zero-order valence-electron chi connectivity index (χ0n) is 10.6. The molecule has 0 saturated carbocycles. The van der Waals surface area contributed by atoms with Crippen molar-refractivity contribution >= 4 is 34.3 Å². The average molecular weight is 359 g/mol. The van der Waals surface area contributed by atoms with Crippen LogP contribution in [0.15, 0.2) is 29.3 Å². The molecule has 0 unspecified atom stereocenters. The minimum Gasteiger partial charge on any atom is -0.463 e. The number of amidine groups is 1. The van der Waals surface area contributed by atoms with Gasteiger partial charge in [-0.3, -0.25) is 0 Å². The van der Waals surface area contributed by atoms with Gasteiger partial charge in [0, 0.05) is 21.8 Å². The monoisotopic (exact) mass is 359 g/mol. The van der Waals surface area contributed by atoms with Gasteiger partial charge in [0.05, 0.1) is 0 Å². The van der Waals surface area contributed by atoms with E-state index in [9.17, 15) is 0 Å². The molecule has 1 aromatic rings. The highest BCUT2D eigenvalue weighted by Gasteiger charge is 2.21. The molecular formula is C13H18IN3O. The van der Waals surface area contributed by atoms with Crippen LogP contribution in [0.1, 0.15) is 13.8 Å². The molecule has 5 heteroatoms. The van der Waals surface area contributed by atoms with Gasteiger partial charge in [-0.05, 0) is 54.6 Å². The van der Waals surface area contributed by atoms with E-state index in [0.717, 1.165) is 6.54 Å². The molecule has 0 aliphatic carbocycles. The van der Waals surface area contributed by atoms with Crippen molar-refractivity contribution in [3.05, 3.63) is 27.8 Å². The minimum absolute atomic E-state index is 0.130. The van der Waals surface area contributed by atoms with Crippen LogP contribution in [-0.2, 0) is 4.74 Å². The lowest BCUT2D eigenvalue weighted by molar-refractivity contribution is 0.312. The zero-order chi connectivity index (χ0) is 13.1. The second-order valence-corrected chi connectivity index (χ2v) is 5.90. The summed E-state index contributed by atoms with van der Waals surface area (Å²) < 4.78 is 6.44. The van der Waals surface area contributed by atoms with E-state index in [1.807, 2.05) is 0 Å². The third kappa shape index (κ3) is 3.28. The van der Waals surface area contributed by atoms with Crippen molar-refractivity contribution in [2.24, 2.45) is 10.7 Å². The highest BCUT2D eigenvalue weighted by atomic mass is 127. The van der Waals surface area contributed by atoms with Crippen LogP contribution >= 0.6 is 22.6 Å². The minimum atomic E-state index is 0.130. The van der Waals surface area contributed by atoms with Crippen LogP contribution in [-0.4, -0.2) is 31.3 Å². The smallest absolute Gasteiger partial charge is 0.282 e. The van der Waals surface area contributed by atoms with Gasteiger partial charge in [-0.25, -0.2) is 4.99 Å². The Bertz CT molecular complexity index is 448. The van der Waals surface area contributed by atoms with Crippen molar-refractivity contribution in [3.63, 3.8) is 0 Å². The number of halogens is 1. The van der Waals surface area contributed by atoms with Crippen molar-refractivity contribution in [1.29, 1.82) is 0 Å². The Balaban J connectivity index is 2.14. The summed E-state index contributed by atoms with van der Waals surface area (Å²) in [6, 6.07) is 9.35. The predicted octanol–water partition coefficient (Wildman–Crippen LogP) is 2.22. The SMILES string of the molecule is CC(C)N(C[C@H]1COC(N)=N1)c1cccc(I)c1. The van der Waals surface area contributed by atoms with Crippen LogP contribution in [0, 0.1) is 3.57 Å². The first-order valence-electron chi connectivity index (χ1n) is 6.04. The molecule has 0 spiro atoms. The summed E-state index contributed by atoms with van der Waals surface area (Å²) in [6.45, 7) is 5.78. The fourth-order valence-corrected chi connectivity index (χ4v) is 2.55. The van der Waals surface area contributed by atoms with E-state index >= 15 is 0 Å². The Morgan fingerprint density at radius 3 is 2.89 bits per heavy atom. The second-order valence-electron chi connectivity index (χ2n) is 4.66. The van der Waals surface area contributed by atoms with Crippen molar-refractivity contribution in [1.82, 2.24) is 0 Å². The summed E-state index contributed by atoms with van der Waals surface area (Å²) in [7, 11) is 0. The number of anilines is 1. The summed E-state index contributed by atoms with van der Waals surface area (Å²) in [6.07, 6.45) is 0. The molecule has 1 atom stereocenters. The molecule has 0 fully saturated rings. The summed E-state index contributed by atoms with van der Waals surface area (Å²) >= 11 is 2.33. The van der Waals surface area contributed by atoms with Crippen molar-refractivity contribution < 1.29 is 4.74 Å². The Morgan fingerprint density at radius 2 is 2.33 bits per heavy atom. The maximum absolute atomic E-state index is 5.55. The number of hydrogen-bond acceptors (Lipinski definition) is 4. The summed E-state index contributed by atoms with van der Waals surface area (Å²) in [4.78, 5) is 6.62. The molecule has 1 heterocycles.